The van der Waals surface area contributed by atoms with Gasteiger partial charge in [0.2, 0.25) is 5.89 Å². The molecule has 0 radical (unpaired) electrons. The van der Waals surface area contributed by atoms with Crippen molar-refractivity contribution < 1.29 is 13.9 Å². The fourth-order valence-corrected chi connectivity index (χ4v) is 3.54. The molecule has 0 atom stereocenters. The third-order valence-corrected chi connectivity index (χ3v) is 4.75. The number of anilines is 1. The number of methoxy groups -OCH3 is 1. The normalized spacial score (nSPS) is 10.6. The molecule has 0 unspecified atom stereocenters. The van der Waals surface area contributed by atoms with Crippen LogP contribution in [0.15, 0.2) is 51.6 Å². The first-order valence-electron chi connectivity index (χ1n) is 8.86. The summed E-state index contributed by atoms with van der Waals surface area (Å²) in [5.74, 6) is 1.32. The molecule has 0 fully saturated rings. The molecule has 1 heterocycles. The molecule has 0 saturated heterocycles. The van der Waals surface area contributed by atoms with Crippen LogP contribution in [-0.2, 0) is 6.42 Å². The van der Waals surface area contributed by atoms with Crippen LogP contribution in [0, 0.1) is 13.8 Å². The van der Waals surface area contributed by atoms with Crippen molar-refractivity contribution >= 4 is 27.6 Å². The van der Waals surface area contributed by atoms with Crippen molar-refractivity contribution in [2.75, 3.05) is 19.0 Å². The van der Waals surface area contributed by atoms with Crippen molar-refractivity contribution in [1.82, 2.24) is 10.3 Å². The van der Waals surface area contributed by atoms with Gasteiger partial charge in [0.25, 0.3) is 0 Å². The van der Waals surface area contributed by atoms with Gasteiger partial charge in [-0.05, 0) is 61.4 Å². The lowest BCUT2D eigenvalue weighted by Gasteiger charge is -2.13. The van der Waals surface area contributed by atoms with E-state index in [4.69, 9.17) is 9.15 Å². The standard InChI is InChI=1S/C21H22BrN3O3/c1-13-10-16(22)11-14(2)19(13)25-21(26)23-9-8-17-12-28-20(24-17)15-4-6-18(27-3)7-5-15/h4-7,10-12H,8-9H2,1-3H3,(H2,23,25,26). The number of halogens is 1. The first kappa shape index (κ1) is 19.9. The van der Waals surface area contributed by atoms with Crippen LogP contribution in [0.3, 0.4) is 0 Å². The predicted molar refractivity (Wildman–Crippen MR) is 113 cm³/mol. The van der Waals surface area contributed by atoms with Gasteiger partial charge in [-0.3, -0.25) is 0 Å². The van der Waals surface area contributed by atoms with Crippen molar-refractivity contribution in [3.63, 3.8) is 0 Å². The topological polar surface area (TPSA) is 76.4 Å². The summed E-state index contributed by atoms with van der Waals surface area (Å²) in [5, 5.41) is 5.76. The summed E-state index contributed by atoms with van der Waals surface area (Å²) in [6.07, 6.45) is 2.19. The molecule has 0 saturated carbocycles. The summed E-state index contributed by atoms with van der Waals surface area (Å²) in [5.41, 5.74) is 4.48. The minimum atomic E-state index is -0.243. The number of hydrogen-bond donors (Lipinski definition) is 2. The number of benzene rings is 2. The number of nitrogens with one attached hydrogen (secondary N) is 2. The molecule has 6 nitrogen and oxygen atoms in total. The predicted octanol–water partition coefficient (Wildman–Crippen LogP) is 5.09. The Morgan fingerprint density at radius 1 is 1.18 bits per heavy atom. The molecule has 2 amide bonds. The highest BCUT2D eigenvalue weighted by Crippen LogP contribution is 2.25. The molecule has 0 aliphatic rings. The number of carbonyl (C=O) groups is 1. The quantitative estimate of drug-likeness (QED) is 0.555. The van der Waals surface area contributed by atoms with Crippen molar-refractivity contribution in [2.24, 2.45) is 0 Å². The van der Waals surface area contributed by atoms with Crippen LogP contribution in [-0.4, -0.2) is 24.7 Å². The highest BCUT2D eigenvalue weighted by molar-refractivity contribution is 9.10. The van der Waals surface area contributed by atoms with E-state index in [9.17, 15) is 4.79 Å². The van der Waals surface area contributed by atoms with E-state index in [-0.39, 0.29) is 6.03 Å². The molecule has 3 rings (SSSR count). The molecule has 28 heavy (non-hydrogen) atoms. The molecule has 2 N–H and O–H groups in total. The van der Waals surface area contributed by atoms with E-state index in [1.807, 2.05) is 50.2 Å². The number of urea groups is 1. The van der Waals surface area contributed by atoms with Gasteiger partial charge in [-0.1, -0.05) is 15.9 Å². The van der Waals surface area contributed by atoms with Crippen LogP contribution in [0.25, 0.3) is 11.5 Å². The number of ether oxygens (including phenoxy) is 1. The second-order valence-corrected chi connectivity index (χ2v) is 7.33. The maximum Gasteiger partial charge on any atom is 0.319 e. The second-order valence-electron chi connectivity index (χ2n) is 6.42. The van der Waals surface area contributed by atoms with Crippen LogP contribution in [0.4, 0.5) is 10.5 Å². The van der Waals surface area contributed by atoms with Gasteiger partial charge in [0.15, 0.2) is 0 Å². The van der Waals surface area contributed by atoms with Gasteiger partial charge in [-0.15, -0.1) is 0 Å². The number of nitrogens with zero attached hydrogens (tertiary/aromatic N) is 1. The molecule has 0 aliphatic carbocycles. The first-order valence-corrected chi connectivity index (χ1v) is 9.66. The number of amides is 2. The van der Waals surface area contributed by atoms with Crippen LogP contribution in [0.2, 0.25) is 0 Å². The van der Waals surface area contributed by atoms with E-state index in [0.717, 1.165) is 38.3 Å². The minimum Gasteiger partial charge on any atom is -0.497 e. The van der Waals surface area contributed by atoms with Crippen LogP contribution < -0.4 is 15.4 Å². The number of aryl methyl sites for hydroxylation is 2. The maximum absolute atomic E-state index is 12.2. The third-order valence-electron chi connectivity index (χ3n) is 4.29. The van der Waals surface area contributed by atoms with Gasteiger partial charge in [-0.2, -0.15) is 0 Å². The van der Waals surface area contributed by atoms with Gasteiger partial charge in [-0.25, -0.2) is 9.78 Å². The fraction of sp³-hybridized carbons (Fsp3) is 0.238. The zero-order chi connectivity index (χ0) is 20.1. The Balaban J connectivity index is 1.52. The molecule has 1 aromatic heterocycles. The Labute approximate surface area is 172 Å². The van der Waals surface area contributed by atoms with Crippen molar-refractivity contribution in [3.05, 3.63) is 64.0 Å². The Morgan fingerprint density at radius 2 is 1.86 bits per heavy atom. The van der Waals surface area contributed by atoms with Gasteiger partial charge in [0.05, 0.1) is 12.8 Å². The average molecular weight is 444 g/mol. The lowest BCUT2D eigenvalue weighted by atomic mass is 10.1. The maximum atomic E-state index is 12.2. The Hall–Kier alpha value is -2.80. The van der Waals surface area contributed by atoms with Crippen LogP contribution in [0.5, 0.6) is 5.75 Å². The number of hydrogen-bond acceptors (Lipinski definition) is 4. The SMILES string of the molecule is COc1ccc(-c2nc(CCNC(=O)Nc3c(C)cc(Br)cc3C)co2)cc1. The molecule has 7 heteroatoms. The summed E-state index contributed by atoms with van der Waals surface area (Å²) < 4.78 is 11.7. The average Bonchev–Trinajstić information content (AvgIpc) is 3.13. The smallest absolute Gasteiger partial charge is 0.319 e. The van der Waals surface area contributed by atoms with Crippen molar-refractivity contribution in [1.29, 1.82) is 0 Å². The summed E-state index contributed by atoms with van der Waals surface area (Å²) in [7, 11) is 1.63. The Bertz CT molecular complexity index is 944. The molecule has 3 aromatic rings. The Morgan fingerprint density at radius 3 is 2.50 bits per heavy atom. The third kappa shape index (κ3) is 4.92. The number of aromatic nitrogens is 1. The van der Waals surface area contributed by atoms with Gasteiger partial charge >= 0.3 is 6.03 Å². The zero-order valence-corrected chi connectivity index (χ0v) is 17.6. The lowest BCUT2D eigenvalue weighted by Crippen LogP contribution is -2.31. The van der Waals surface area contributed by atoms with Crippen LogP contribution in [0.1, 0.15) is 16.8 Å². The highest BCUT2D eigenvalue weighted by atomic mass is 79.9. The number of carbonyl (C=O) groups excluding carboxylic acids is 1. The molecule has 146 valence electrons. The summed E-state index contributed by atoms with van der Waals surface area (Å²) in [6.45, 7) is 4.38. The molecule has 0 aliphatic heterocycles. The van der Waals surface area contributed by atoms with Crippen molar-refractivity contribution in [2.45, 2.75) is 20.3 Å². The largest absolute Gasteiger partial charge is 0.497 e. The van der Waals surface area contributed by atoms with E-state index in [1.165, 1.54) is 0 Å². The summed E-state index contributed by atoms with van der Waals surface area (Å²) in [6, 6.07) is 11.2. The lowest BCUT2D eigenvalue weighted by molar-refractivity contribution is 0.252. The van der Waals surface area contributed by atoms with Gasteiger partial charge < -0.3 is 19.8 Å². The second kappa shape index (κ2) is 8.93. The molecular weight excluding hydrogens is 422 g/mol. The molecular formula is C21H22BrN3O3. The zero-order valence-electron chi connectivity index (χ0n) is 16.0. The highest BCUT2D eigenvalue weighted by Gasteiger charge is 2.10. The monoisotopic (exact) mass is 443 g/mol. The summed E-state index contributed by atoms with van der Waals surface area (Å²) in [4.78, 5) is 16.7. The van der Waals surface area contributed by atoms with E-state index in [2.05, 4.69) is 31.5 Å². The number of rotatable bonds is 6. The fourth-order valence-electron chi connectivity index (χ4n) is 2.86. The van der Waals surface area contributed by atoms with Gasteiger partial charge in [0, 0.05) is 28.7 Å². The summed E-state index contributed by atoms with van der Waals surface area (Å²) >= 11 is 3.46. The molecule has 0 bridgehead atoms. The van der Waals surface area contributed by atoms with E-state index >= 15 is 0 Å². The van der Waals surface area contributed by atoms with Crippen molar-refractivity contribution in [3.8, 4) is 17.2 Å². The van der Waals surface area contributed by atoms with Gasteiger partial charge in [0.1, 0.15) is 12.0 Å². The number of oxazole rings is 1. The van der Waals surface area contributed by atoms with E-state index in [0.29, 0.717) is 18.9 Å². The minimum absolute atomic E-state index is 0.243. The molecule has 0 spiro atoms. The molecule has 2 aromatic carbocycles. The van der Waals surface area contributed by atoms with Crippen LogP contribution >= 0.6 is 15.9 Å². The van der Waals surface area contributed by atoms with E-state index < -0.39 is 0 Å². The Kier molecular flexibility index (Phi) is 6.36. The first-order chi connectivity index (χ1) is 13.5. The van der Waals surface area contributed by atoms with E-state index in [1.54, 1.807) is 13.4 Å².